The first-order chi connectivity index (χ1) is 8.08. The highest BCUT2D eigenvalue weighted by Gasteiger charge is 2.44. The molecule has 1 saturated heterocycles. The Kier molecular flexibility index (Phi) is 3.95. The van der Waals surface area contributed by atoms with Crippen molar-refractivity contribution in [1.29, 1.82) is 0 Å². The van der Waals surface area contributed by atoms with Crippen LogP contribution in [0, 0.1) is 0 Å². The van der Waals surface area contributed by atoms with E-state index in [2.05, 4.69) is 26.0 Å². The van der Waals surface area contributed by atoms with Crippen molar-refractivity contribution in [2.45, 2.75) is 29.9 Å². The van der Waals surface area contributed by atoms with Crippen LogP contribution in [-0.2, 0) is 4.74 Å². The minimum Gasteiger partial charge on any atom is -0.497 e. The summed E-state index contributed by atoms with van der Waals surface area (Å²) in [4.78, 5) is 0. The molecule has 0 saturated carbocycles. The number of benzene rings is 1. The van der Waals surface area contributed by atoms with Crippen LogP contribution in [0.5, 0.6) is 5.75 Å². The number of hydrogen-bond donors (Lipinski definition) is 0. The van der Waals surface area contributed by atoms with Crippen LogP contribution < -0.4 is 4.74 Å². The first kappa shape index (κ1) is 13.1. The highest BCUT2D eigenvalue weighted by molar-refractivity contribution is 8.77. The van der Waals surface area contributed by atoms with E-state index >= 15 is 0 Å². The second-order valence-corrected chi connectivity index (χ2v) is 7.63. The monoisotopic (exact) mass is 270 g/mol. The smallest absolute Gasteiger partial charge is 0.118 e. The van der Waals surface area contributed by atoms with Gasteiger partial charge in [-0.25, -0.2) is 0 Å². The molecule has 1 aromatic rings. The van der Waals surface area contributed by atoms with Crippen LogP contribution in [0.3, 0.4) is 0 Å². The second-order valence-electron chi connectivity index (χ2n) is 4.63. The fourth-order valence-corrected chi connectivity index (χ4v) is 5.63. The predicted octanol–water partition coefficient (Wildman–Crippen LogP) is 3.92. The molecule has 2 unspecified atom stereocenters. The van der Waals surface area contributed by atoms with E-state index in [0.717, 1.165) is 5.75 Å². The zero-order chi connectivity index (χ0) is 12.5. The van der Waals surface area contributed by atoms with Crippen LogP contribution in [0.15, 0.2) is 24.3 Å². The van der Waals surface area contributed by atoms with Gasteiger partial charge in [0, 0.05) is 11.9 Å². The molecule has 2 rings (SSSR count). The molecule has 0 amide bonds. The van der Waals surface area contributed by atoms with Crippen LogP contribution in [-0.4, -0.2) is 25.1 Å². The van der Waals surface area contributed by atoms with Crippen LogP contribution in [0.1, 0.15) is 24.7 Å². The van der Waals surface area contributed by atoms with Gasteiger partial charge in [-0.15, -0.1) is 0 Å². The van der Waals surface area contributed by atoms with E-state index in [4.69, 9.17) is 9.47 Å². The molecular formula is C13H18O2S2. The zero-order valence-electron chi connectivity index (χ0n) is 10.6. The van der Waals surface area contributed by atoms with Gasteiger partial charge < -0.3 is 9.47 Å². The van der Waals surface area contributed by atoms with E-state index in [-0.39, 0.29) is 10.9 Å². The summed E-state index contributed by atoms with van der Waals surface area (Å²) in [7, 11) is 7.30. The Labute approximate surface area is 111 Å². The van der Waals surface area contributed by atoms with Gasteiger partial charge in [-0.1, -0.05) is 33.7 Å². The number of hydrogen-bond acceptors (Lipinski definition) is 4. The van der Waals surface area contributed by atoms with Crippen molar-refractivity contribution in [3.05, 3.63) is 29.8 Å². The molecule has 0 bridgehead atoms. The van der Waals surface area contributed by atoms with E-state index in [0.29, 0.717) is 5.25 Å². The summed E-state index contributed by atoms with van der Waals surface area (Å²) in [6.45, 7) is 4.48. The quantitative estimate of drug-likeness (QED) is 0.774. The Morgan fingerprint density at radius 2 is 1.76 bits per heavy atom. The van der Waals surface area contributed by atoms with Crippen LogP contribution in [0.2, 0.25) is 0 Å². The maximum absolute atomic E-state index is 5.68. The molecule has 1 heterocycles. The lowest BCUT2D eigenvalue weighted by atomic mass is 9.97. The molecule has 0 radical (unpaired) electrons. The van der Waals surface area contributed by atoms with Gasteiger partial charge in [-0.2, -0.15) is 0 Å². The summed E-state index contributed by atoms with van der Waals surface area (Å²) in [6, 6.07) is 8.28. The molecule has 0 aromatic heterocycles. The van der Waals surface area contributed by atoms with Crippen molar-refractivity contribution in [2.75, 3.05) is 14.2 Å². The Morgan fingerprint density at radius 3 is 2.29 bits per heavy atom. The minimum atomic E-state index is 0.157. The average Bonchev–Trinajstić information content (AvgIpc) is 2.64. The number of rotatable bonds is 3. The van der Waals surface area contributed by atoms with Crippen molar-refractivity contribution in [3.63, 3.8) is 0 Å². The maximum atomic E-state index is 5.68. The highest BCUT2D eigenvalue weighted by Crippen LogP contribution is 2.58. The molecule has 1 aliphatic rings. The van der Waals surface area contributed by atoms with Gasteiger partial charge in [0.1, 0.15) is 5.75 Å². The largest absolute Gasteiger partial charge is 0.497 e. The van der Waals surface area contributed by atoms with Crippen molar-refractivity contribution in [2.24, 2.45) is 0 Å². The van der Waals surface area contributed by atoms with Crippen molar-refractivity contribution >= 4 is 21.6 Å². The second kappa shape index (κ2) is 5.12. The molecule has 0 aliphatic carbocycles. The van der Waals surface area contributed by atoms with E-state index in [1.165, 1.54) is 5.56 Å². The van der Waals surface area contributed by atoms with Gasteiger partial charge >= 0.3 is 0 Å². The SMILES string of the molecule is COc1ccc(C2SSC(C)(C)C2OC)cc1. The topological polar surface area (TPSA) is 18.5 Å². The summed E-state index contributed by atoms with van der Waals surface area (Å²) < 4.78 is 11.0. The van der Waals surface area contributed by atoms with Crippen LogP contribution >= 0.6 is 21.6 Å². The van der Waals surface area contributed by atoms with Gasteiger partial charge in [-0.05, 0) is 31.5 Å². The summed E-state index contributed by atoms with van der Waals surface area (Å²) in [5.41, 5.74) is 1.31. The summed E-state index contributed by atoms with van der Waals surface area (Å²) >= 11 is 0. The lowest BCUT2D eigenvalue weighted by Gasteiger charge is -2.27. The maximum Gasteiger partial charge on any atom is 0.118 e. The fraction of sp³-hybridized carbons (Fsp3) is 0.538. The third-order valence-electron chi connectivity index (χ3n) is 3.02. The van der Waals surface area contributed by atoms with E-state index in [1.54, 1.807) is 14.2 Å². The fourth-order valence-electron chi connectivity index (χ4n) is 2.07. The molecule has 17 heavy (non-hydrogen) atoms. The summed E-state index contributed by atoms with van der Waals surface area (Å²) in [5, 5.41) is 0.394. The summed E-state index contributed by atoms with van der Waals surface area (Å²) in [6.07, 6.45) is 0.242. The number of methoxy groups -OCH3 is 2. The highest BCUT2D eigenvalue weighted by atomic mass is 33.1. The molecule has 94 valence electrons. The van der Waals surface area contributed by atoms with Gasteiger partial charge in [0.2, 0.25) is 0 Å². The Hall–Kier alpha value is -0.320. The minimum absolute atomic E-state index is 0.157. The molecule has 0 spiro atoms. The van der Waals surface area contributed by atoms with Crippen molar-refractivity contribution < 1.29 is 9.47 Å². The third kappa shape index (κ3) is 2.59. The Balaban J connectivity index is 2.22. The molecule has 1 aliphatic heterocycles. The van der Waals surface area contributed by atoms with Crippen LogP contribution in [0.25, 0.3) is 0 Å². The van der Waals surface area contributed by atoms with E-state index in [1.807, 2.05) is 33.7 Å². The van der Waals surface area contributed by atoms with E-state index in [9.17, 15) is 0 Å². The Bertz CT molecular complexity index is 376. The molecule has 1 fully saturated rings. The normalized spacial score (nSPS) is 27.1. The lowest BCUT2D eigenvalue weighted by Crippen LogP contribution is -2.33. The summed E-state index contributed by atoms with van der Waals surface area (Å²) in [5.74, 6) is 0.901. The number of ether oxygens (including phenoxy) is 2. The zero-order valence-corrected chi connectivity index (χ0v) is 12.2. The Morgan fingerprint density at radius 1 is 1.12 bits per heavy atom. The van der Waals surface area contributed by atoms with Crippen LogP contribution in [0.4, 0.5) is 0 Å². The van der Waals surface area contributed by atoms with Gasteiger partial charge in [-0.3, -0.25) is 0 Å². The third-order valence-corrected chi connectivity index (χ3v) is 6.71. The molecule has 2 nitrogen and oxygen atoms in total. The van der Waals surface area contributed by atoms with Crippen molar-refractivity contribution in [1.82, 2.24) is 0 Å². The van der Waals surface area contributed by atoms with Gasteiger partial charge in [0.25, 0.3) is 0 Å². The lowest BCUT2D eigenvalue weighted by molar-refractivity contribution is 0.0791. The average molecular weight is 270 g/mol. The molecule has 1 aromatic carbocycles. The first-order valence-corrected chi connectivity index (χ1v) is 7.81. The molecular weight excluding hydrogens is 252 g/mol. The first-order valence-electron chi connectivity index (χ1n) is 5.59. The standard InChI is InChI=1S/C13H18O2S2/c1-13(2)12(15-4)11(16-17-13)9-5-7-10(14-3)8-6-9/h5-8,11-12H,1-4H3. The molecule has 4 heteroatoms. The van der Waals surface area contributed by atoms with Gasteiger partial charge in [0.15, 0.2) is 0 Å². The predicted molar refractivity (Wildman–Crippen MR) is 75.8 cm³/mol. The van der Waals surface area contributed by atoms with Crippen molar-refractivity contribution in [3.8, 4) is 5.75 Å². The van der Waals surface area contributed by atoms with Gasteiger partial charge in [0.05, 0.1) is 18.5 Å². The molecule has 0 N–H and O–H groups in total. The van der Waals surface area contributed by atoms with E-state index < -0.39 is 0 Å². The molecule has 2 atom stereocenters.